The van der Waals surface area contributed by atoms with E-state index in [2.05, 4.69) is 9.71 Å². The molecule has 1 aromatic heterocycles. The summed E-state index contributed by atoms with van der Waals surface area (Å²) in [5.74, 6) is -3.79. The molecular formula is C17H18F7N3O2S2. The Morgan fingerprint density at radius 2 is 1.68 bits per heavy atom. The Morgan fingerprint density at radius 1 is 1.10 bits per heavy atom. The number of carbonyl (C=O) groups is 1. The van der Waals surface area contributed by atoms with Crippen LogP contribution in [-0.4, -0.2) is 39.0 Å². The van der Waals surface area contributed by atoms with Gasteiger partial charge in [0, 0.05) is 30.0 Å². The summed E-state index contributed by atoms with van der Waals surface area (Å²) in [5, 5.41) is 0. The minimum absolute atomic E-state index is 0.0606. The third-order valence-electron chi connectivity index (χ3n) is 4.68. The van der Waals surface area contributed by atoms with Gasteiger partial charge < -0.3 is 14.6 Å². The number of likely N-dealkylation sites (tertiary alicyclic amines) is 1. The molecule has 14 heteroatoms. The van der Waals surface area contributed by atoms with Gasteiger partial charge in [0.25, 0.3) is 11.8 Å². The third kappa shape index (κ3) is 5.00. The number of rotatable bonds is 5. The molecule has 2 heterocycles. The van der Waals surface area contributed by atoms with Crippen molar-refractivity contribution in [1.29, 1.82) is 0 Å². The van der Waals surface area contributed by atoms with E-state index in [0.717, 1.165) is 4.90 Å². The van der Waals surface area contributed by atoms with Gasteiger partial charge in [-0.15, -0.1) is 0 Å². The van der Waals surface area contributed by atoms with Gasteiger partial charge in [0.1, 0.15) is 4.90 Å². The maximum atomic E-state index is 13.5. The van der Waals surface area contributed by atoms with Crippen LogP contribution in [0.15, 0.2) is 34.1 Å². The zero-order chi connectivity index (χ0) is 23.5. The number of alkyl halides is 2. The van der Waals surface area contributed by atoms with E-state index < -0.39 is 50.9 Å². The number of H-pyrrole nitrogens is 1. The van der Waals surface area contributed by atoms with Crippen LogP contribution in [0.2, 0.25) is 0 Å². The Labute approximate surface area is 175 Å². The van der Waals surface area contributed by atoms with Gasteiger partial charge in [-0.2, -0.15) is 0 Å². The molecule has 0 saturated carbocycles. The van der Waals surface area contributed by atoms with Crippen LogP contribution in [0.25, 0.3) is 0 Å². The fourth-order valence-electron chi connectivity index (χ4n) is 3.25. The van der Waals surface area contributed by atoms with Crippen molar-refractivity contribution in [3.8, 4) is 0 Å². The molecule has 31 heavy (non-hydrogen) atoms. The molecule has 2 N–H and O–H groups in total. The summed E-state index contributed by atoms with van der Waals surface area (Å²) in [5.41, 5.74) is 0.290. The largest absolute Gasteiger partial charge is 0.361 e. The fraction of sp³-hybridized carbons (Fsp3) is 0.353. The number of amides is 1. The summed E-state index contributed by atoms with van der Waals surface area (Å²) >= 11 is 0. The molecule has 1 atom stereocenters. The second-order valence-electron chi connectivity index (χ2n) is 7.28. The van der Waals surface area contributed by atoms with Crippen LogP contribution < -0.4 is 4.72 Å². The highest BCUT2D eigenvalue weighted by molar-refractivity contribution is 8.45. The first-order valence-electron chi connectivity index (χ1n) is 8.77. The summed E-state index contributed by atoms with van der Waals surface area (Å²) in [6, 6.07) is 1.69. The molecule has 1 aliphatic rings. The molecular weight excluding hydrogens is 475 g/mol. The zero-order valence-electron chi connectivity index (χ0n) is 16.2. The Hall–Kier alpha value is -2.22. The molecule has 3 rings (SSSR count). The maximum Gasteiger partial charge on any atom is 0.310 e. The quantitative estimate of drug-likeness (QED) is 0.509. The third-order valence-corrected chi connectivity index (χ3v) is 7.15. The monoisotopic (exact) mass is 493 g/mol. The lowest BCUT2D eigenvalue weighted by molar-refractivity contribution is 0.0119. The van der Waals surface area contributed by atoms with Gasteiger partial charge in [-0.05, 0) is 38.1 Å². The Morgan fingerprint density at radius 3 is 2.16 bits per heavy atom. The first-order valence-corrected chi connectivity index (χ1v) is 11.9. The van der Waals surface area contributed by atoms with E-state index in [4.69, 9.17) is 0 Å². The van der Waals surface area contributed by atoms with E-state index in [1.165, 1.54) is 13.8 Å². The number of aromatic amines is 1. The van der Waals surface area contributed by atoms with E-state index in [1.807, 2.05) is 0 Å². The van der Waals surface area contributed by atoms with Crippen LogP contribution in [0.3, 0.4) is 0 Å². The van der Waals surface area contributed by atoms with Crippen LogP contribution in [0, 0.1) is 13.8 Å². The summed E-state index contributed by atoms with van der Waals surface area (Å²) in [6.45, 7) is 1.99. The van der Waals surface area contributed by atoms with Crippen LogP contribution in [0.4, 0.5) is 33.9 Å². The Kier molecular flexibility index (Phi) is 5.02. The molecule has 1 amide bonds. The van der Waals surface area contributed by atoms with Crippen molar-refractivity contribution in [2.45, 2.75) is 36.0 Å². The summed E-state index contributed by atoms with van der Waals surface area (Å²) in [4.78, 5) is 14.3. The molecule has 1 saturated heterocycles. The predicted molar refractivity (Wildman–Crippen MR) is 104 cm³/mol. The van der Waals surface area contributed by atoms with Gasteiger partial charge in [0.15, 0.2) is 11.0 Å². The Balaban J connectivity index is 1.87. The van der Waals surface area contributed by atoms with E-state index in [0.29, 0.717) is 12.1 Å². The molecule has 0 spiro atoms. The van der Waals surface area contributed by atoms with Crippen LogP contribution >= 0.6 is 10.2 Å². The average molecular weight is 493 g/mol. The number of benzene rings is 1. The molecule has 0 radical (unpaired) electrons. The molecule has 1 unspecified atom stereocenters. The maximum absolute atomic E-state index is 13.5. The highest BCUT2D eigenvalue weighted by Crippen LogP contribution is 3.02. The lowest BCUT2D eigenvalue weighted by Crippen LogP contribution is -2.32. The van der Waals surface area contributed by atoms with Crippen molar-refractivity contribution in [3.63, 3.8) is 0 Å². The van der Waals surface area contributed by atoms with Gasteiger partial charge >= 0.3 is 10.2 Å². The van der Waals surface area contributed by atoms with Crippen molar-refractivity contribution < 1.29 is 37.2 Å². The van der Waals surface area contributed by atoms with E-state index >= 15 is 0 Å². The number of anilines is 1. The summed E-state index contributed by atoms with van der Waals surface area (Å²) in [6.07, 6.45) is -0.504. The minimum atomic E-state index is -9.85. The number of aromatic nitrogens is 1. The average Bonchev–Trinajstić information content (AvgIpc) is 3.11. The smallest absolute Gasteiger partial charge is 0.310 e. The molecule has 0 bridgehead atoms. The highest BCUT2D eigenvalue weighted by Gasteiger charge is 2.65. The number of nitrogens with zero attached hydrogens (tertiary/aromatic N) is 1. The fourth-order valence-corrected chi connectivity index (χ4v) is 5.11. The van der Waals surface area contributed by atoms with E-state index in [1.54, 1.807) is 0 Å². The number of carbonyl (C=O) groups excluding carboxylic acids is 1. The molecule has 5 nitrogen and oxygen atoms in total. The van der Waals surface area contributed by atoms with Gasteiger partial charge in [0.05, 0.1) is 17.0 Å². The highest BCUT2D eigenvalue weighted by atomic mass is 32.5. The summed E-state index contributed by atoms with van der Waals surface area (Å²) in [7, 11) is -12.0. The van der Waals surface area contributed by atoms with Crippen molar-refractivity contribution in [2.24, 2.45) is 0 Å². The number of nitrogens with one attached hydrogen (secondary N) is 2. The number of hydrogen-bond donors (Lipinski definition) is 2. The van der Waals surface area contributed by atoms with Crippen LogP contribution in [0.1, 0.15) is 28.2 Å². The first-order chi connectivity index (χ1) is 13.9. The lowest BCUT2D eigenvalue weighted by atomic mass is 10.2. The van der Waals surface area contributed by atoms with Crippen molar-refractivity contribution in [2.75, 3.05) is 17.8 Å². The van der Waals surface area contributed by atoms with Gasteiger partial charge in [-0.25, -0.2) is 13.0 Å². The second kappa shape index (κ2) is 6.64. The molecule has 1 fully saturated rings. The van der Waals surface area contributed by atoms with Crippen molar-refractivity contribution in [1.82, 2.24) is 9.88 Å². The molecule has 2 aromatic rings. The van der Waals surface area contributed by atoms with Gasteiger partial charge in [-0.1, -0.05) is 19.4 Å². The molecule has 1 aliphatic heterocycles. The van der Waals surface area contributed by atoms with Crippen molar-refractivity contribution in [3.05, 3.63) is 41.2 Å². The topological polar surface area (TPSA) is 65.2 Å². The SMILES string of the molecule is Cc1[nH]c(C)c(S(=O)Nc2ccc(S(F)(F)(F)(F)F)cc2)c1C(=O)N1CCC(F)(F)C1. The summed E-state index contributed by atoms with van der Waals surface area (Å²) < 4.78 is 106. The van der Waals surface area contributed by atoms with Crippen LogP contribution in [0.5, 0.6) is 0 Å². The van der Waals surface area contributed by atoms with Crippen molar-refractivity contribution >= 4 is 32.8 Å². The lowest BCUT2D eigenvalue weighted by Gasteiger charge is -2.40. The molecule has 174 valence electrons. The zero-order valence-corrected chi connectivity index (χ0v) is 17.8. The van der Waals surface area contributed by atoms with Crippen LogP contribution in [-0.2, 0) is 11.0 Å². The number of aryl methyl sites for hydroxylation is 2. The second-order valence-corrected chi connectivity index (χ2v) is 10.8. The standard InChI is InChI=1S/C17H18F7N3O2S2/c1-10-14(16(28)27-8-7-17(18,19)9-27)15(11(2)25-10)30(29)26-12-3-5-13(6-4-12)31(20,21,22,23)24/h3-6,25-26H,7-9H2,1-2H3. The minimum Gasteiger partial charge on any atom is -0.361 e. The van der Waals surface area contributed by atoms with E-state index in [-0.39, 0.29) is 46.2 Å². The Bertz CT molecular complexity index is 1070. The number of halogens is 7. The predicted octanol–water partition coefficient (Wildman–Crippen LogP) is 5.90. The van der Waals surface area contributed by atoms with Gasteiger partial charge in [0.2, 0.25) is 0 Å². The van der Waals surface area contributed by atoms with E-state index in [9.17, 15) is 37.2 Å². The number of hydrogen-bond acceptors (Lipinski definition) is 2. The first kappa shape index (κ1) is 23.4. The molecule has 1 aromatic carbocycles. The normalized spacial score (nSPS) is 19.6. The molecule has 0 aliphatic carbocycles. The van der Waals surface area contributed by atoms with Gasteiger partial charge in [-0.3, -0.25) is 4.79 Å².